The van der Waals surface area contributed by atoms with Gasteiger partial charge in [-0.3, -0.25) is 0 Å². The predicted octanol–water partition coefficient (Wildman–Crippen LogP) is 4.13. The highest BCUT2D eigenvalue weighted by Gasteiger charge is 2.30. The van der Waals surface area contributed by atoms with Gasteiger partial charge in [0.25, 0.3) is 0 Å². The molecule has 15 heavy (non-hydrogen) atoms. The minimum Gasteiger partial charge on any atom is -0.316 e. The first-order chi connectivity index (χ1) is 7.33. The molecule has 0 aromatic heterocycles. The van der Waals surface area contributed by atoms with E-state index in [1.54, 1.807) is 0 Å². The Morgan fingerprint density at radius 2 is 1.73 bits per heavy atom. The molecule has 0 aliphatic heterocycles. The summed E-state index contributed by atoms with van der Waals surface area (Å²) in [5.74, 6) is 0. The van der Waals surface area contributed by atoms with Gasteiger partial charge in [-0.25, -0.2) is 0 Å². The van der Waals surface area contributed by atoms with Crippen LogP contribution in [0.3, 0.4) is 0 Å². The van der Waals surface area contributed by atoms with Crippen molar-refractivity contribution in [2.45, 2.75) is 71.6 Å². The van der Waals surface area contributed by atoms with Crippen molar-refractivity contribution in [3.05, 3.63) is 0 Å². The molecule has 0 saturated heterocycles. The summed E-state index contributed by atoms with van der Waals surface area (Å²) in [4.78, 5) is 0. The Kier molecular flexibility index (Phi) is 6.31. The van der Waals surface area contributed by atoms with Crippen LogP contribution in [0.2, 0.25) is 0 Å². The van der Waals surface area contributed by atoms with Crippen molar-refractivity contribution in [3.8, 4) is 0 Å². The second kappa shape index (κ2) is 7.27. The van der Waals surface area contributed by atoms with Gasteiger partial charge in [-0.2, -0.15) is 0 Å². The molecule has 1 rings (SSSR count). The van der Waals surface area contributed by atoms with Gasteiger partial charge in [0, 0.05) is 6.54 Å². The molecule has 1 N–H and O–H groups in total. The van der Waals surface area contributed by atoms with Crippen LogP contribution in [0.1, 0.15) is 71.6 Å². The molecule has 0 radical (unpaired) electrons. The van der Waals surface area contributed by atoms with Crippen LogP contribution in [-0.4, -0.2) is 13.1 Å². The van der Waals surface area contributed by atoms with Crippen molar-refractivity contribution >= 4 is 0 Å². The van der Waals surface area contributed by atoms with Gasteiger partial charge in [0.05, 0.1) is 0 Å². The average Bonchev–Trinajstić information content (AvgIpc) is 2.28. The minimum atomic E-state index is 0.670. The zero-order chi connectivity index (χ0) is 11.0. The molecule has 1 aliphatic carbocycles. The predicted molar refractivity (Wildman–Crippen MR) is 68.2 cm³/mol. The molecule has 1 fully saturated rings. The van der Waals surface area contributed by atoms with Crippen LogP contribution in [-0.2, 0) is 0 Å². The molecular formula is C14H29N. The Hall–Kier alpha value is -0.0400. The molecule has 0 aromatic carbocycles. The van der Waals surface area contributed by atoms with E-state index in [1.807, 2.05) is 0 Å². The fourth-order valence-electron chi connectivity index (χ4n) is 2.90. The highest BCUT2D eigenvalue weighted by atomic mass is 14.9. The SMILES string of the molecule is CCCCC1(CNCCC)CCCCC1. The number of hydrogen-bond donors (Lipinski definition) is 1. The maximum Gasteiger partial charge on any atom is 0.000780 e. The fraction of sp³-hybridized carbons (Fsp3) is 1.00. The molecular weight excluding hydrogens is 182 g/mol. The zero-order valence-corrected chi connectivity index (χ0v) is 10.8. The highest BCUT2D eigenvalue weighted by Crippen LogP contribution is 2.39. The number of unbranched alkanes of at least 4 members (excludes halogenated alkanes) is 1. The third-order valence-corrected chi connectivity index (χ3v) is 3.90. The van der Waals surface area contributed by atoms with E-state index in [9.17, 15) is 0 Å². The molecule has 1 heteroatoms. The van der Waals surface area contributed by atoms with Gasteiger partial charge in [-0.1, -0.05) is 46.0 Å². The number of hydrogen-bond acceptors (Lipinski definition) is 1. The summed E-state index contributed by atoms with van der Waals surface area (Å²) in [7, 11) is 0. The van der Waals surface area contributed by atoms with Crippen LogP contribution >= 0.6 is 0 Å². The first-order valence-electron chi connectivity index (χ1n) is 7.04. The Bertz CT molecular complexity index is 147. The second-order valence-electron chi connectivity index (χ2n) is 5.34. The van der Waals surface area contributed by atoms with Gasteiger partial charge in [0.1, 0.15) is 0 Å². The molecule has 0 heterocycles. The van der Waals surface area contributed by atoms with Gasteiger partial charge in [-0.05, 0) is 37.6 Å². The van der Waals surface area contributed by atoms with Gasteiger partial charge < -0.3 is 5.32 Å². The van der Waals surface area contributed by atoms with E-state index in [-0.39, 0.29) is 0 Å². The normalized spacial score (nSPS) is 20.4. The largest absolute Gasteiger partial charge is 0.316 e. The second-order valence-corrected chi connectivity index (χ2v) is 5.34. The summed E-state index contributed by atoms with van der Waals surface area (Å²) in [6, 6.07) is 0. The fourth-order valence-corrected chi connectivity index (χ4v) is 2.90. The first-order valence-corrected chi connectivity index (χ1v) is 7.04. The lowest BCUT2D eigenvalue weighted by atomic mass is 9.71. The molecule has 1 aliphatic rings. The van der Waals surface area contributed by atoms with E-state index >= 15 is 0 Å². The first kappa shape index (κ1) is 13.0. The van der Waals surface area contributed by atoms with Crippen molar-refractivity contribution in [2.75, 3.05) is 13.1 Å². The van der Waals surface area contributed by atoms with Crippen LogP contribution in [0.5, 0.6) is 0 Å². The quantitative estimate of drug-likeness (QED) is 0.624. The maximum absolute atomic E-state index is 3.65. The molecule has 1 saturated carbocycles. The summed E-state index contributed by atoms with van der Waals surface area (Å²) in [5, 5.41) is 3.65. The Morgan fingerprint density at radius 1 is 1.00 bits per heavy atom. The van der Waals surface area contributed by atoms with Crippen molar-refractivity contribution in [1.82, 2.24) is 5.32 Å². The van der Waals surface area contributed by atoms with E-state index in [0.29, 0.717) is 5.41 Å². The Balaban J connectivity index is 2.35. The minimum absolute atomic E-state index is 0.670. The van der Waals surface area contributed by atoms with E-state index in [1.165, 1.54) is 70.9 Å². The van der Waals surface area contributed by atoms with Crippen LogP contribution in [0.15, 0.2) is 0 Å². The molecule has 0 unspecified atom stereocenters. The molecule has 0 bridgehead atoms. The van der Waals surface area contributed by atoms with E-state index in [0.717, 1.165) is 0 Å². The highest BCUT2D eigenvalue weighted by molar-refractivity contribution is 4.84. The lowest BCUT2D eigenvalue weighted by molar-refractivity contribution is 0.163. The van der Waals surface area contributed by atoms with Crippen molar-refractivity contribution in [3.63, 3.8) is 0 Å². The summed E-state index contributed by atoms with van der Waals surface area (Å²) in [5.41, 5.74) is 0.670. The molecule has 1 nitrogen and oxygen atoms in total. The zero-order valence-electron chi connectivity index (χ0n) is 10.8. The van der Waals surface area contributed by atoms with Crippen LogP contribution in [0.4, 0.5) is 0 Å². The van der Waals surface area contributed by atoms with Gasteiger partial charge >= 0.3 is 0 Å². The molecule has 0 aromatic rings. The topological polar surface area (TPSA) is 12.0 Å². The summed E-state index contributed by atoms with van der Waals surface area (Å²) in [6.45, 7) is 7.05. The maximum atomic E-state index is 3.65. The van der Waals surface area contributed by atoms with Crippen molar-refractivity contribution in [1.29, 1.82) is 0 Å². The smallest absolute Gasteiger partial charge is 0.000780 e. The van der Waals surface area contributed by atoms with Crippen LogP contribution in [0, 0.1) is 5.41 Å². The summed E-state index contributed by atoms with van der Waals surface area (Å²) >= 11 is 0. The molecule has 0 spiro atoms. The van der Waals surface area contributed by atoms with Crippen molar-refractivity contribution in [2.24, 2.45) is 5.41 Å². The monoisotopic (exact) mass is 211 g/mol. The Morgan fingerprint density at radius 3 is 2.33 bits per heavy atom. The molecule has 90 valence electrons. The third-order valence-electron chi connectivity index (χ3n) is 3.90. The third kappa shape index (κ3) is 4.55. The van der Waals surface area contributed by atoms with Crippen LogP contribution < -0.4 is 5.32 Å². The number of nitrogens with one attached hydrogen (secondary N) is 1. The summed E-state index contributed by atoms with van der Waals surface area (Å²) < 4.78 is 0. The van der Waals surface area contributed by atoms with E-state index in [2.05, 4.69) is 19.2 Å². The van der Waals surface area contributed by atoms with Gasteiger partial charge in [-0.15, -0.1) is 0 Å². The molecule has 0 atom stereocenters. The summed E-state index contributed by atoms with van der Waals surface area (Å²) in [6.07, 6.45) is 12.9. The Labute approximate surface area is 96.0 Å². The van der Waals surface area contributed by atoms with E-state index < -0.39 is 0 Å². The van der Waals surface area contributed by atoms with Gasteiger partial charge in [0.2, 0.25) is 0 Å². The van der Waals surface area contributed by atoms with Crippen LogP contribution in [0.25, 0.3) is 0 Å². The number of rotatable bonds is 7. The van der Waals surface area contributed by atoms with Crippen molar-refractivity contribution < 1.29 is 0 Å². The molecule has 0 amide bonds. The van der Waals surface area contributed by atoms with E-state index in [4.69, 9.17) is 0 Å². The van der Waals surface area contributed by atoms with Gasteiger partial charge in [0.15, 0.2) is 0 Å². The lowest BCUT2D eigenvalue weighted by Gasteiger charge is -2.38. The lowest BCUT2D eigenvalue weighted by Crippen LogP contribution is -2.36. The average molecular weight is 211 g/mol. The standard InChI is InChI=1S/C14H29N/c1-3-5-9-14(13-15-12-4-2)10-7-6-8-11-14/h15H,3-13H2,1-2H3.